The number of carbonyl (C=O) groups is 4. The summed E-state index contributed by atoms with van der Waals surface area (Å²) in [4.78, 5) is 49.0. The van der Waals surface area contributed by atoms with Crippen molar-refractivity contribution in [1.29, 1.82) is 0 Å². The van der Waals surface area contributed by atoms with Crippen molar-refractivity contribution < 1.29 is 38.1 Å². The van der Waals surface area contributed by atoms with Crippen molar-refractivity contribution in [2.24, 2.45) is 0 Å². The van der Waals surface area contributed by atoms with E-state index in [4.69, 9.17) is 18.9 Å². The molecule has 10 nitrogen and oxygen atoms in total. The molecule has 1 aliphatic rings. The van der Waals surface area contributed by atoms with E-state index in [1.165, 1.54) is 12.2 Å². The molecule has 2 amide bonds. The molecule has 0 saturated carbocycles. The molecule has 200 valence electrons. The quantitative estimate of drug-likeness (QED) is 0.205. The second kappa shape index (κ2) is 14.3. The molecule has 1 fully saturated rings. The van der Waals surface area contributed by atoms with Crippen LogP contribution in [0.2, 0.25) is 0 Å². The fraction of sp³-hybridized carbons (Fsp3) is 0.286. The standard InChI is InChI=1S/C28H30N2O8/c1-3-14-35-23(31)17-29-26(32)24-25(38-24)27(33)30-22(28(34)36-15-4-2)16-19-10-12-21(13-11-19)37-18-20-8-6-5-7-9-20/h3-13,22,24-25H,1-2,14-18H2,(H,29,32)(H,30,33)/t22-,24-,25-/m0/s1. The van der Waals surface area contributed by atoms with Crippen LogP contribution in [0.15, 0.2) is 79.9 Å². The normalized spacial score (nSPS) is 16.3. The monoisotopic (exact) mass is 522 g/mol. The van der Waals surface area contributed by atoms with Gasteiger partial charge in [0.15, 0.2) is 12.2 Å². The van der Waals surface area contributed by atoms with Crippen LogP contribution in [0.25, 0.3) is 0 Å². The Morgan fingerprint density at radius 2 is 1.53 bits per heavy atom. The Bertz CT molecular complexity index is 1130. The van der Waals surface area contributed by atoms with Gasteiger partial charge in [-0.1, -0.05) is 67.8 Å². The van der Waals surface area contributed by atoms with Crippen molar-refractivity contribution in [3.05, 3.63) is 91.0 Å². The summed E-state index contributed by atoms with van der Waals surface area (Å²) in [7, 11) is 0. The number of amides is 2. The second-order valence-corrected chi connectivity index (χ2v) is 8.27. The summed E-state index contributed by atoms with van der Waals surface area (Å²) >= 11 is 0. The van der Waals surface area contributed by atoms with Gasteiger partial charge in [-0.05, 0) is 23.3 Å². The third kappa shape index (κ3) is 8.90. The minimum atomic E-state index is -1.09. The molecule has 38 heavy (non-hydrogen) atoms. The van der Waals surface area contributed by atoms with Gasteiger partial charge in [0, 0.05) is 6.42 Å². The van der Waals surface area contributed by atoms with Gasteiger partial charge in [-0.15, -0.1) is 0 Å². The first-order valence-corrected chi connectivity index (χ1v) is 11.9. The Kier molecular flexibility index (Phi) is 10.6. The van der Waals surface area contributed by atoms with Crippen molar-refractivity contribution in [2.45, 2.75) is 31.3 Å². The number of epoxide rings is 1. The molecule has 3 atom stereocenters. The number of carbonyl (C=O) groups excluding carboxylic acids is 4. The van der Waals surface area contributed by atoms with E-state index < -0.39 is 42.0 Å². The average molecular weight is 523 g/mol. The predicted molar refractivity (Wildman–Crippen MR) is 137 cm³/mol. The zero-order chi connectivity index (χ0) is 27.3. The Morgan fingerprint density at radius 3 is 2.21 bits per heavy atom. The van der Waals surface area contributed by atoms with E-state index in [2.05, 4.69) is 23.8 Å². The molecule has 0 radical (unpaired) electrons. The van der Waals surface area contributed by atoms with Gasteiger partial charge in [0.25, 0.3) is 11.8 Å². The Labute approximate surface area is 220 Å². The minimum absolute atomic E-state index is 0.0203. The Balaban J connectivity index is 1.53. The molecule has 1 heterocycles. The lowest BCUT2D eigenvalue weighted by atomic mass is 10.1. The van der Waals surface area contributed by atoms with E-state index >= 15 is 0 Å². The number of nitrogens with one attached hydrogen (secondary N) is 2. The maximum atomic E-state index is 12.7. The predicted octanol–water partition coefficient (Wildman–Crippen LogP) is 1.63. The first kappa shape index (κ1) is 28.1. The summed E-state index contributed by atoms with van der Waals surface area (Å²) in [6.45, 7) is 6.98. The molecule has 2 aromatic carbocycles. The summed E-state index contributed by atoms with van der Waals surface area (Å²) in [5, 5.41) is 4.93. The average Bonchev–Trinajstić information content (AvgIpc) is 3.74. The molecule has 1 saturated heterocycles. The van der Waals surface area contributed by atoms with Gasteiger partial charge in [-0.3, -0.25) is 14.4 Å². The van der Waals surface area contributed by atoms with Crippen molar-refractivity contribution in [2.75, 3.05) is 19.8 Å². The largest absolute Gasteiger partial charge is 0.489 e. The highest BCUT2D eigenvalue weighted by Gasteiger charge is 2.51. The van der Waals surface area contributed by atoms with Crippen LogP contribution in [0.5, 0.6) is 5.75 Å². The van der Waals surface area contributed by atoms with Crippen LogP contribution in [-0.4, -0.2) is 61.8 Å². The Hall–Kier alpha value is -4.44. The lowest BCUT2D eigenvalue weighted by molar-refractivity contribution is -0.146. The number of hydrogen-bond donors (Lipinski definition) is 2. The smallest absolute Gasteiger partial charge is 0.329 e. The lowest BCUT2D eigenvalue weighted by Gasteiger charge is -2.17. The Morgan fingerprint density at radius 1 is 0.868 bits per heavy atom. The maximum Gasteiger partial charge on any atom is 0.329 e. The summed E-state index contributed by atoms with van der Waals surface area (Å²) in [6.07, 6.45) is 0.782. The molecule has 3 rings (SSSR count). The van der Waals surface area contributed by atoms with E-state index in [0.29, 0.717) is 12.4 Å². The molecule has 10 heteroatoms. The highest BCUT2D eigenvalue weighted by atomic mass is 16.6. The van der Waals surface area contributed by atoms with Crippen LogP contribution in [0.1, 0.15) is 11.1 Å². The fourth-order valence-corrected chi connectivity index (χ4v) is 3.36. The van der Waals surface area contributed by atoms with Crippen LogP contribution < -0.4 is 15.4 Å². The molecular weight excluding hydrogens is 492 g/mol. The van der Waals surface area contributed by atoms with Crippen molar-refractivity contribution in [3.8, 4) is 5.75 Å². The molecular formula is C28H30N2O8. The van der Waals surface area contributed by atoms with Gasteiger partial charge in [-0.2, -0.15) is 0 Å². The first-order chi connectivity index (χ1) is 18.4. The zero-order valence-electron chi connectivity index (χ0n) is 20.8. The molecule has 0 unspecified atom stereocenters. The lowest BCUT2D eigenvalue weighted by Crippen LogP contribution is -2.46. The van der Waals surface area contributed by atoms with E-state index in [-0.39, 0.29) is 26.2 Å². The van der Waals surface area contributed by atoms with Gasteiger partial charge in [0.05, 0.1) is 0 Å². The molecule has 0 bridgehead atoms. The van der Waals surface area contributed by atoms with Gasteiger partial charge in [0.1, 0.15) is 38.2 Å². The van der Waals surface area contributed by atoms with E-state index in [1.807, 2.05) is 30.3 Å². The van der Waals surface area contributed by atoms with E-state index in [0.717, 1.165) is 11.1 Å². The van der Waals surface area contributed by atoms with E-state index in [1.54, 1.807) is 24.3 Å². The topological polar surface area (TPSA) is 133 Å². The molecule has 0 aromatic heterocycles. The highest BCUT2D eigenvalue weighted by molar-refractivity contribution is 5.97. The molecule has 0 aliphatic carbocycles. The van der Waals surface area contributed by atoms with Gasteiger partial charge in [0.2, 0.25) is 0 Å². The van der Waals surface area contributed by atoms with Crippen LogP contribution in [0.3, 0.4) is 0 Å². The highest BCUT2D eigenvalue weighted by Crippen LogP contribution is 2.23. The van der Waals surface area contributed by atoms with Crippen LogP contribution in [0, 0.1) is 0 Å². The first-order valence-electron chi connectivity index (χ1n) is 11.9. The molecule has 2 N–H and O–H groups in total. The summed E-state index contributed by atoms with van der Waals surface area (Å²) < 4.78 is 20.9. The molecule has 0 spiro atoms. The third-order valence-electron chi connectivity index (χ3n) is 5.33. The summed E-state index contributed by atoms with van der Waals surface area (Å²) in [6, 6.07) is 15.8. The van der Waals surface area contributed by atoms with Gasteiger partial charge in [-0.25, -0.2) is 4.79 Å². The minimum Gasteiger partial charge on any atom is -0.489 e. The molecule has 2 aromatic rings. The molecule has 1 aliphatic heterocycles. The summed E-state index contributed by atoms with van der Waals surface area (Å²) in [5.41, 5.74) is 1.79. The van der Waals surface area contributed by atoms with Crippen molar-refractivity contribution in [1.82, 2.24) is 10.6 Å². The zero-order valence-corrected chi connectivity index (χ0v) is 20.8. The summed E-state index contributed by atoms with van der Waals surface area (Å²) in [5.74, 6) is -1.95. The maximum absolute atomic E-state index is 12.7. The number of benzene rings is 2. The number of esters is 2. The van der Waals surface area contributed by atoms with Crippen LogP contribution in [0.4, 0.5) is 0 Å². The number of hydrogen-bond acceptors (Lipinski definition) is 8. The van der Waals surface area contributed by atoms with Crippen LogP contribution >= 0.6 is 0 Å². The second-order valence-electron chi connectivity index (χ2n) is 8.27. The fourth-order valence-electron chi connectivity index (χ4n) is 3.36. The van der Waals surface area contributed by atoms with E-state index in [9.17, 15) is 19.2 Å². The van der Waals surface area contributed by atoms with Gasteiger partial charge >= 0.3 is 11.9 Å². The van der Waals surface area contributed by atoms with Crippen LogP contribution in [-0.2, 0) is 46.4 Å². The number of ether oxygens (including phenoxy) is 4. The number of rotatable bonds is 15. The SMILES string of the molecule is C=CCOC(=O)CNC(=O)[C@H]1O[C@@H]1C(=O)N[C@@H](Cc1ccc(OCc2ccccc2)cc1)C(=O)OCC=C. The van der Waals surface area contributed by atoms with Crippen molar-refractivity contribution >= 4 is 23.8 Å². The van der Waals surface area contributed by atoms with Crippen molar-refractivity contribution in [3.63, 3.8) is 0 Å². The van der Waals surface area contributed by atoms with Gasteiger partial charge < -0.3 is 29.6 Å². The third-order valence-corrected chi connectivity index (χ3v) is 5.33.